The van der Waals surface area contributed by atoms with Gasteiger partial charge in [0.2, 0.25) is 11.1 Å². The second-order valence-corrected chi connectivity index (χ2v) is 6.56. The normalized spacial score (nSPS) is 10.6. The van der Waals surface area contributed by atoms with Gasteiger partial charge in [0.1, 0.15) is 0 Å². The van der Waals surface area contributed by atoms with Gasteiger partial charge >= 0.3 is 0 Å². The molecule has 0 radical (unpaired) electrons. The molecule has 0 atom stereocenters. The summed E-state index contributed by atoms with van der Waals surface area (Å²) in [6, 6.07) is 15.0. The zero-order valence-corrected chi connectivity index (χ0v) is 14.5. The maximum atomic E-state index is 12.0. The Morgan fingerprint density at radius 1 is 1.25 bits per heavy atom. The molecule has 0 spiro atoms. The van der Waals surface area contributed by atoms with Crippen LogP contribution in [-0.2, 0) is 4.79 Å². The molecular formula is C17H15ClN4OS. The molecule has 1 amide bonds. The monoisotopic (exact) mass is 358 g/mol. The molecule has 3 rings (SSSR count). The third-order valence-electron chi connectivity index (χ3n) is 3.20. The van der Waals surface area contributed by atoms with Crippen molar-refractivity contribution in [1.82, 2.24) is 15.2 Å². The van der Waals surface area contributed by atoms with Crippen molar-refractivity contribution in [2.24, 2.45) is 0 Å². The van der Waals surface area contributed by atoms with Crippen LogP contribution in [0, 0.1) is 6.92 Å². The first-order valence-corrected chi connectivity index (χ1v) is 8.64. The number of benzene rings is 2. The Bertz CT molecular complexity index is 865. The summed E-state index contributed by atoms with van der Waals surface area (Å²) in [7, 11) is 0. The van der Waals surface area contributed by atoms with Gasteiger partial charge in [0.05, 0.1) is 5.75 Å². The summed E-state index contributed by atoms with van der Waals surface area (Å²) in [4.78, 5) is 16.4. The van der Waals surface area contributed by atoms with E-state index in [1.54, 1.807) is 24.3 Å². The molecule has 3 aromatic rings. The SMILES string of the molecule is Cc1cccc(-c2nc(SCC(=O)Nc3cccc(Cl)c3)n[nH]2)c1. The van der Waals surface area contributed by atoms with E-state index < -0.39 is 0 Å². The van der Waals surface area contributed by atoms with E-state index in [0.29, 0.717) is 21.7 Å². The number of nitrogens with one attached hydrogen (secondary N) is 2. The Morgan fingerprint density at radius 2 is 2.08 bits per heavy atom. The Labute approximate surface area is 148 Å². The van der Waals surface area contributed by atoms with Crippen LogP contribution in [0.25, 0.3) is 11.4 Å². The minimum absolute atomic E-state index is 0.135. The number of H-pyrrole nitrogens is 1. The molecule has 0 aliphatic carbocycles. The molecule has 0 bridgehead atoms. The third kappa shape index (κ3) is 4.37. The number of nitrogens with zero attached hydrogens (tertiary/aromatic N) is 2. The smallest absolute Gasteiger partial charge is 0.234 e. The van der Waals surface area contributed by atoms with E-state index in [-0.39, 0.29) is 11.7 Å². The van der Waals surface area contributed by atoms with Crippen LogP contribution >= 0.6 is 23.4 Å². The lowest BCUT2D eigenvalue weighted by atomic mass is 10.1. The second-order valence-electron chi connectivity index (χ2n) is 5.18. The van der Waals surface area contributed by atoms with Crippen LogP contribution in [0.3, 0.4) is 0 Å². The van der Waals surface area contributed by atoms with E-state index in [0.717, 1.165) is 11.1 Å². The molecule has 122 valence electrons. The predicted molar refractivity (Wildman–Crippen MR) is 97.4 cm³/mol. The molecule has 7 heteroatoms. The van der Waals surface area contributed by atoms with Crippen LogP contribution in [0.15, 0.2) is 53.7 Å². The average molecular weight is 359 g/mol. The summed E-state index contributed by atoms with van der Waals surface area (Å²) < 4.78 is 0. The molecule has 0 unspecified atom stereocenters. The van der Waals surface area contributed by atoms with Crippen molar-refractivity contribution in [3.8, 4) is 11.4 Å². The van der Waals surface area contributed by atoms with Crippen molar-refractivity contribution >= 4 is 35.0 Å². The van der Waals surface area contributed by atoms with Crippen molar-refractivity contribution in [3.63, 3.8) is 0 Å². The quantitative estimate of drug-likeness (QED) is 0.672. The minimum Gasteiger partial charge on any atom is -0.325 e. The summed E-state index contributed by atoms with van der Waals surface area (Å²) in [5.41, 5.74) is 2.79. The van der Waals surface area contributed by atoms with E-state index in [1.807, 2.05) is 31.2 Å². The first kappa shape index (κ1) is 16.5. The number of hydrogen-bond donors (Lipinski definition) is 2. The molecule has 0 fully saturated rings. The van der Waals surface area contributed by atoms with Gasteiger partial charge in [0, 0.05) is 16.3 Å². The number of aromatic amines is 1. The van der Waals surface area contributed by atoms with Crippen LogP contribution in [0.4, 0.5) is 5.69 Å². The van der Waals surface area contributed by atoms with Gasteiger partial charge in [-0.05, 0) is 31.2 Å². The van der Waals surface area contributed by atoms with Crippen molar-refractivity contribution in [2.45, 2.75) is 12.1 Å². The Kier molecular flexibility index (Phi) is 5.17. The topological polar surface area (TPSA) is 70.7 Å². The van der Waals surface area contributed by atoms with Crippen molar-refractivity contribution < 1.29 is 4.79 Å². The fourth-order valence-electron chi connectivity index (χ4n) is 2.13. The van der Waals surface area contributed by atoms with Crippen LogP contribution in [-0.4, -0.2) is 26.8 Å². The molecule has 1 aromatic heterocycles. The number of carbonyl (C=O) groups is 1. The van der Waals surface area contributed by atoms with E-state index in [4.69, 9.17) is 11.6 Å². The lowest BCUT2D eigenvalue weighted by Gasteiger charge is -2.04. The predicted octanol–water partition coefficient (Wildman–Crippen LogP) is 4.16. The number of thioether (sulfide) groups is 1. The lowest BCUT2D eigenvalue weighted by Crippen LogP contribution is -2.14. The summed E-state index contributed by atoms with van der Waals surface area (Å²) >= 11 is 7.17. The Morgan fingerprint density at radius 3 is 2.88 bits per heavy atom. The largest absolute Gasteiger partial charge is 0.325 e. The zero-order chi connectivity index (χ0) is 16.9. The second kappa shape index (κ2) is 7.51. The molecule has 1 heterocycles. The first-order valence-electron chi connectivity index (χ1n) is 7.28. The molecule has 5 nitrogen and oxygen atoms in total. The molecule has 2 aromatic carbocycles. The highest BCUT2D eigenvalue weighted by atomic mass is 35.5. The van der Waals surface area contributed by atoms with Gasteiger partial charge in [-0.3, -0.25) is 9.89 Å². The fourth-order valence-corrected chi connectivity index (χ4v) is 2.91. The van der Waals surface area contributed by atoms with E-state index in [9.17, 15) is 4.79 Å². The maximum absolute atomic E-state index is 12.0. The Balaban J connectivity index is 1.58. The maximum Gasteiger partial charge on any atom is 0.234 e. The number of hydrogen-bond acceptors (Lipinski definition) is 4. The minimum atomic E-state index is -0.135. The van der Waals surface area contributed by atoms with Crippen LogP contribution in [0.2, 0.25) is 5.02 Å². The molecule has 0 aliphatic heterocycles. The number of halogens is 1. The van der Waals surface area contributed by atoms with E-state index in [1.165, 1.54) is 11.8 Å². The highest BCUT2D eigenvalue weighted by Crippen LogP contribution is 2.20. The molecular weight excluding hydrogens is 344 g/mol. The van der Waals surface area contributed by atoms with Gasteiger partial charge in [0.25, 0.3) is 0 Å². The van der Waals surface area contributed by atoms with E-state index in [2.05, 4.69) is 20.5 Å². The molecule has 0 saturated heterocycles. The van der Waals surface area contributed by atoms with Crippen molar-refractivity contribution in [3.05, 3.63) is 59.1 Å². The number of aromatic nitrogens is 3. The van der Waals surface area contributed by atoms with Gasteiger partial charge in [-0.15, -0.1) is 5.10 Å². The number of aryl methyl sites for hydroxylation is 1. The van der Waals surface area contributed by atoms with E-state index >= 15 is 0 Å². The number of carbonyl (C=O) groups excluding carboxylic acids is 1. The average Bonchev–Trinajstić information content (AvgIpc) is 3.02. The van der Waals surface area contributed by atoms with Crippen molar-refractivity contribution in [2.75, 3.05) is 11.1 Å². The number of amides is 1. The van der Waals surface area contributed by atoms with Gasteiger partial charge in [-0.25, -0.2) is 4.98 Å². The van der Waals surface area contributed by atoms with Gasteiger partial charge in [-0.2, -0.15) is 0 Å². The lowest BCUT2D eigenvalue weighted by molar-refractivity contribution is -0.113. The molecule has 0 saturated carbocycles. The van der Waals surface area contributed by atoms with Gasteiger partial charge in [0.15, 0.2) is 5.82 Å². The molecule has 2 N–H and O–H groups in total. The van der Waals surface area contributed by atoms with Gasteiger partial charge < -0.3 is 5.32 Å². The van der Waals surface area contributed by atoms with Crippen LogP contribution < -0.4 is 5.32 Å². The highest BCUT2D eigenvalue weighted by molar-refractivity contribution is 7.99. The fraction of sp³-hybridized carbons (Fsp3) is 0.118. The number of rotatable bonds is 5. The third-order valence-corrected chi connectivity index (χ3v) is 4.28. The molecule has 24 heavy (non-hydrogen) atoms. The Hall–Kier alpha value is -2.31. The van der Waals surface area contributed by atoms with Gasteiger partial charge in [-0.1, -0.05) is 53.2 Å². The zero-order valence-electron chi connectivity index (χ0n) is 12.9. The molecule has 0 aliphatic rings. The highest BCUT2D eigenvalue weighted by Gasteiger charge is 2.09. The standard InChI is InChI=1S/C17H15ClN4OS/c1-11-4-2-5-12(8-11)16-20-17(22-21-16)24-10-15(23)19-14-7-3-6-13(18)9-14/h2-9H,10H2,1H3,(H,19,23)(H,20,21,22). The van der Waals surface area contributed by atoms with Crippen LogP contribution in [0.5, 0.6) is 0 Å². The first-order chi connectivity index (χ1) is 11.6. The summed E-state index contributed by atoms with van der Waals surface area (Å²) in [5, 5.41) is 10.9. The van der Waals surface area contributed by atoms with Crippen molar-refractivity contribution in [1.29, 1.82) is 0 Å². The summed E-state index contributed by atoms with van der Waals surface area (Å²) in [5.74, 6) is 0.776. The summed E-state index contributed by atoms with van der Waals surface area (Å²) in [6.07, 6.45) is 0. The summed E-state index contributed by atoms with van der Waals surface area (Å²) in [6.45, 7) is 2.02. The number of anilines is 1. The van der Waals surface area contributed by atoms with Crippen LogP contribution in [0.1, 0.15) is 5.56 Å².